The molecule has 1 aliphatic rings. The zero-order chi connectivity index (χ0) is 16.0. The number of hydrogen-bond acceptors (Lipinski definition) is 4. The van der Waals surface area contributed by atoms with Gasteiger partial charge >= 0.3 is 0 Å². The first kappa shape index (κ1) is 15.8. The topological polar surface area (TPSA) is 74.6 Å². The average Bonchev–Trinajstić information content (AvgIpc) is 2.38. The van der Waals surface area contributed by atoms with Crippen LogP contribution in [0.1, 0.15) is 26.3 Å². The summed E-state index contributed by atoms with van der Waals surface area (Å²) >= 11 is 0. The molecule has 114 valence electrons. The third-order valence-corrected chi connectivity index (χ3v) is 5.54. The lowest BCUT2D eigenvalue weighted by Gasteiger charge is -2.32. The van der Waals surface area contributed by atoms with Gasteiger partial charge in [0.25, 0.3) is 0 Å². The van der Waals surface area contributed by atoms with E-state index in [-0.39, 0.29) is 15.6 Å². The molecular formula is C16H20O4S. The first-order valence-corrected chi connectivity index (χ1v) is 8.18. The fourth-order valence-electron chi connectivity index (χ4n) is 2.46. The number of aromatic hydroxyl groups is 1. The van der Waals surface area contributed by atoms with E-state index in [0.29, 0.717) is 11.1 Å². The molecule has 5 heteroatoms. The summed E-state index contributed by atoms with van der Waals surface area (Å²) in [5.74, 6) is 0.0639. The predicted molar refractivity (Wildman–Crippen MR) is 81.7 cm³/mol. The third kappa shape index (κ3) is 2.76. The molecule has 1 aromatic carbocycles. The van der Waals surface area contributed by atoms with Crippen LogP contribution in [0.25, 0.3) is 0 Å². The number of phenolic OH excluding ortho intramolecular Hbond substituents is 1. The van der Waals surface area contributed by atoms with Gasteiger partial charge in [-0.15, -0.1) is 0 Å². The Bertz CT molecular complexity index is 740. The summed E-state index contributed by atoms with van der Waals surface area (Å²) in [5, 5.41) is 19.6. The van der Waals surface area contributed by atoms with Crippen LogP contribution in [0.5, 0.6) is 5.75 Å². The van der Waals surface area contributed by atoms with Crippen molar-refractivity contribution in [2.24, 2.45) is 5.41 Å². The molecule has 2 N–H and O–H groups in total. The Morgan fingerprint density at radius 1 is 1.19 bits per heavy atom. The third-order valence-electron chi connectivity index (χ3n) is 3.81. The fourth-order valence-corrected chi connectivity index (χ4v) is 4.11. The molecule has 0 aliphatic heterocycles. The number of hydrogen-bond donors (Lipinski definition) is 2. The Kier molecular flexibility index (Phi) is 3.76. The van der Waals surface area contributed by atoms with E-state index < -0.39 is 21.4 Å². The quantitative estimate of drug-likeness (QED) is 0.881. The lowest BCUT2D eigenvalue weighted by Crippen LogP contribution is -2.32. The second-order valence-corrected chi connectivity index (χ2v) is 8.06. The van der Waals surface area contributed by atoms with E-state index in [0.717, 1.165) is 0 Å². The van der Waals surface area contributed by atoms with Crippen LogP contribution in [-0.2, 0) is 9.84 Å². The summed E-state index contributed by atoms with van der Waals surface area (Å²) in [7, 11) is -3.67. The number of benzene rings is 1. The van der Waals surface area contributed by atoms with Crippen molar-refractivity contribution in [3.63, 3.8) is 0 Å². The van der Waals surface area contributed by atoms with Gasteiger partial charge in [-0.05, 0) is 49.3 Å². The number of aryl methyl sites for hydroxylation is 1. The molecule has 2 rings (SSSR count). The van der Waals surface area contributed by atoms with Gasteiger partial charge in [0.15, 0.2) is 0 Å². The van der Waals surface area contributed by atoms with Gasteiger partial charge in [0.2, 0.25) is 9.84 Å². The van der Waals surface area contributed by atoms with Crippen LogP contribution >= 0.6 is 0 Å². The highest BCUT2D eigenvalue weighted by atomic mass is 32.2. The normalized spacial score (nSPS) is 21.7. The van der Waals surface area contributed by atoms with Gasteiger partial charge in [-0.2, -0.15) is 0 Å². The monoisotopic (exact) mass is 308 g/mol. The van der Waals surface area contributed by atoms with Crippen molar-refractivity contribution in [2.45, 2.75) is 38.7 Å². The zero-order valence-electron chi connectivity index (χ0n) is 12.6. The molecule has 0 radical (unpaired) electrons. The minimum atomic E-state index is -3.67. The van der Waals surface area contributed by atoms with Gasteiger partial charge in [-0.3, -0.25) is 0 Å². The lowest BCUT2D eigenvalue weighted by molar-refractivity contribution is 0.112. The zero-order valence-corrected chi connectivity index (χ0v) is 13.4. The van der Waals surface area contributed by atoms with Crippen LogP contribution in [0, 0.1) is 12.3 Å². The second kappa shape index (κ2) is 5.00. The maximum absolute atomic E-state index is 12.7. The van der Waals surface area contributed by atoms with E-state index in [2.05, 4.69) is 0 Å². The Labute approximate surface area is 125 Å². The average molecular weight is 308 g/mol. The molecule has 1 unspecified atom stereocenters. The fraction of sp³-hybridized carbons (Fsp3) is 0.375. The van der Waals surface area contributed by atoms with E-state index in [1.165, 1.54) is 24.3 Å². The maximum atomic E-state index is 12.7. The van der Waals surface area contributed by atoms with E-state index in [1.54, 1.807) is 33.8 Å². The maximum Gasteiger partial charge on any atom is 0.206 e. The molecule has 1 aromatic rings. The van der Waals surface area contributed by atoms with Crippen molar-refractivity contribution in [1.29, 1.82) is 0 Å². The van der Waals surface area contributed by atoms with Crippen molar-refractivity contribution in [1.82, 2.24) is 0 Å². The summed E-state index contributed by atoms with van der Waals surface area (Å²) in [6.07, 6.45) is 2.40. The van der Waals surface area contributed by atoms with Crippen LogP contribution in [0.15, 0.2) is 45.7 Å². The molecule has 0 fully saturated rings. The largest absolute Gasteiger partial charge is 0.508 e. The summed E-state index contributed by atoms with van der Waals surface area (Å²) < 4.78 is 25.4. The molecule has 1 aliphatic carbocycles. The number of sulfone groups is 1. The van der Waals surface area contributed by atoms with Crippen molar-refractivity contribution in [3.8, 4) is 5.75 Å². The molecule has 0 saturated carbocycles. The molecular weight excluding hydrogens is 288 g/mol. The number of aliphatic hydroxyl groups excluding tert-OH is 1. The van der Waals surface area contributed by atoms with E-state index in [4.69, 9.17) is 0 Å². The summed E-state index contributed by atoms with van der Waals surface area (Å²) in [4.78, 5) is 0.320. The Balaban J connectivity index is 2.57. The van der Waals surface area contributed by atoms with Crippen LogP contribution in [0.4, 0.5) is 0 Å². The van der Waals surface area contributed by atoms with Gasteiger partial charge in [-0.1, -0.05) is 19.9 Å². The summed E-state index contributed by atoms with van der Waals surface area (Å²) in [6, 6.07) is 4.22. The van der Waals surface area contributed by atoms with E-state index in [1.807, 2.05) is 0 Å². The van der Waals surface area contributed by atoms with Gasteiger partial charge in [0.1, 0.15) is 5.75 Å². The van der Waals surface area contributed by atoms with Crippen LogP contribution in [-0.4, -0.2) is 24.7 Å². The molecule has 0 bridgehead atoms. The van der Waals surface area contributed by atoms with Gasteiger partial charge in [-0.25, -0.2) is 8.42 Å². The van der Waals surface area contributed by atoms with Crippen LogP contribution in [0.2, 0.25) is 0 Å². The standard InChI is InChI=1S/C16H20O4S/c1-10-7-12(5-6-14(10)17)21(19,20)13-8-11(2)15(18)16(3,4)9-13/h5-9,15,17-18H,1-4H3. The molecule has 0 saturated heterocycles. The smallest absolute Gasteiger partial charge is 0.206 e. The first-order chi connectivity index (χ1) is 9.55. The Morgan fingerprint density at radius 2 is 1.81 bits per heavy atom. The van der Waals surface area contributed by atoms with E-state index in [9.17, 15) is 18.6 Å². The number of rotatable bonds is 2. The molecule has 0 amide bonds. The van der Waals surface area contributed by atoms with Gasteiger partial charge in [0, 0.05) is 5.41 Å². The number of aliphatic hydroxyl groups is 1. The molecule has 1 atom stereocenters. The molecule has 0 heterocycles. The highest BCUT2D eigenvalue weighted by Gasteiger charge is 2.34. The van der Waals surface area contributed by atoms with Crippen molar-refractivity contribution >= 4 is 9.84 Å². The van der Waals surface area contributed by atoms with Crippen molar-refractivity contribution in [2.75, 3.05) is 0 Å². The predicted octanol–water partition coefficient (Wildman–Crippen LogP) is 2.71. The first-order valence-electron chi connectivity index (χ1n) is 6.69. The number of allylic oxidation sites excluding steroid dienone is 1. The Morgan fingerprint density at radius 3 is 2.33 bits per heavy atom. The van der Waals surface area contributed by atoms with Gasteiger partial charge < -0.3 is 10.2 Å². The lowest BCUT2D eigenvalue weighted by atomic mass is 9.79. The van der Waals surface area contributed by atoms with Gasteiger partial charge in [0.05, 0.1) is 15.9 Å². The molecule has 4 nitrogen and oxygen atoms in total. The Hall–Kier alpha value is -1.59. The van der Waals surface area contributed by atoms with Crippen molar-refractivity contribution in [3.05, 3.63) is 46.4 Å². The highest BCUT2D eigenvalue weighted by molar-refractivity contribution is 7.95. The summed E-state index contributed by atoms with van der Waals surface area (Å²) in [5.41, 5.74) is 0.483. The molecule has 0 aromatic heterocycles. The van der Waals surface area contributed by atoms with Crippen LogP contribution < -0.4 is 0 Å². The minimum Gasteiger partial charge on any atom is -0.508 e. The van der Waals surface area contributed by atoms with E-state index >= 15 is 0 Å². The minimum absolute atomic E-state index is 0.0639. The summed E-state index contributed by atoms with van der Waals surface area (Å²) in [6.45, 7) is 6.97. The van der Waals surface area contributed by atoms with Crippen LogP contribution in [0.3, 0.4) is 0 Å². The molecule has 21 heavy (non-hydrogen) atoms. The second-order valence-electron chi connectivity index (χ2n) is 6.11. The molecule has 0 spiro atoms. The number of phenols is 1. The van der Waals surface area contributed by atoms with Crippen molar-refractivity contribution < 1.29 is 18.6 Å². The highest BCUT2D eigenvalue weighted by Crippen LogP contribution is 2.37. The SMILES string of the molecule is CC1=CC(S(=O)(=O)c2ccc(O)c(C)c2)=CC(C)(C)C1O.